The normalized spacial score (nSPS) is 11.1. The fourth-order valence-corrected chi connectivity index (χ4v) is 2.93. The largest absolute Gasteiger partial charge is 0.352 e. The Balaban J connectivity index is 0.00000280. The van der Waals surface area contributed by atoms with Crippen LogP contribution in [0.1, 0.15) is 22.5 Å². The summed E-state index contributed by atoms with van der Waals surface area (Å²) in [5.74, 6) is 0.449. The number of aromatic nitrogens is 2. The number of guanidine groups is 1. The average molecular weight is 493 g/mol. The van der Waals surface area contributed by atoms with Crippen LogP contribution in [0.3, 0.4) is 0 Å². The maximum absolute atomic E-state index is 13.0. The maximum Gasteiger partial charge on any atom is 0.191 e. The van der Waals surface area contributed by atoms with E-state index in [0.717, 1.165) is 28.2 Å². The standard InChI is InChI=1S/C21H24FN5.HI/c1-15-12-16(2)27(26-15)20-7-5-4-6-18(20)14-25-21(23-3)24-13-17-8-10-19(22)11-9-17;/h4-12H,13-14H2,1-3H3,(H2,23,24,25);1H. The minimum absolute atomic E-state index is 0. The number of halogens is 2. The van der Waals surface area contributed by atoms with Crippen LogP contribution in [0.2, 0.25) is 0 Å². The van der Waals surface area contributed by atoms with Gasteiger partial charge in [-0.05, 0) is 49.2 Å². The molecule has 0 amide bonds. The SMILES string of the molecule is CN=C(NCc1ccc(F)cc1)NCc1ccccc1-n1nc(C)cc1C.I. The lowest BCUT2D eigenvalue weighted by atomic mass is 10.1. The summed E-state index contributed by atoms with van der Waals surface area (Å²) in [6.45, 7) is 5.22. The molecule has 148 valence electrons. The quantitative estimate of drug-likeness (QED) is 0.320. The molecule has 7 heteroatoms. The Hall–Kier alpha value is -2.42. The summed E-state index contributed by atoms with van der Waals surface area (Å²) in [6.07, 6.45) is 0. The molecule has 3 aromatic rings. The highest BCUT2D eigenvalue weighted by molar-refractivity contribution is 14.0. The Morgan fingerprint density at radius 1 is 1.04 bits per heavy atom. The van der Waals surface area contributed by atoms with Gasteiger partial charge in [-0.3, -0.25) is 4.99 Å². The lowest BCUT2D eigenvalue weighted by molar-refractivity contribution is 0.626. The van der Waals surface area contributed by atoms with Gasteiger partial charge < -0.3 is 10.6 Å². The second-order valence-corrected chi connectivity index (χ2v) is 6.37. The third kappa shape index (κ3) is 5.54. The number of para-hydroxylation sites is 1. The van der Waals surface area contributed by atoms with Crippen LogP contribution >= 0.6 is 24.0 Å². The molecule has 3 rings (SSSR count). The highest BCUT2D eigenvalue weighted by Gasteiger charge is 2.09. The first-order valence-corrected chi connectivity index (χ1v) is 8.87. The number of aryl methyl sites for hydroxylation is 2. The van der Waals surface area contributed by atoms with Crippen LogP contribution in [-0.4, -0.2) is 22.8 Å². The van der Waals surface area contributed by atoms with Crippen molar-refractivity contribution in [3.8, 4) is 5.69 Å². The minimum Gasteiger partial charge on any atom is -0.352 e. The van der Waals surface area contributed by atoms with Crippen molar-refractivity contribution in [2.24, 2.45) is 4.99 Å². The number of rotatable bonds is 5. The molecule has 0 saturated carbocycles. The molecule has 0 unspecified atom stereocenters. The highest BCUT2D eigenvalue weighted by Crippen LogP contribution is 2.16. The van der Waals surface area contributed by atoms with Crippen LogP contribution in [0.5, 0.6) is 0 Å². The van der Waals surface area contributed by atoms with Crippen molar-refractivity contribution in [1.82, 2.24) is 20.4 Å². The van der Waals surface area contributed by atoms with Gasteiger partial charge in [0.1, 0.15) is 5.82 Å². The molecule has 0 saturated heterocycles. The predicted molar refractivity (Wildman–Crippen MR) is 122 cm³/mol. The molecule has 0 aliphatic rings. The van der Waals surface area contributed by atoms with E-state index in [1.165, 1.54) is 12.1 Å². The molecule has 1 heterocycles. The number of benzene rings is 2. The fourth-order valence-electron chi connectivity index (χ4n) is 2.93. The van der Waals surface area contributed by atoms with Crippen LogP contribution < -0.4 is 10.6 Å². The smallest absolute Gasteiger partial charge is 0.191 e. The van der Waals surface area contributed by atoms with E-state index in [4.69, 9.17) is 0 Å². The van der Waals surface area contributed by atoms with E-state index in [2.05, 4.69) is 38.9 Å². The Morgan fingerprint density at radius 3 is 2.36 bits per heavy atom. The molecule has 0 aliphatic carbocycles. The van der Waals surface area contributed by atoms with Gasteiger partial charge in [0.25, 0.3) is 0 Å². The molecular weight excluding hydrogens is 468 g/mol. The zero-order valence-electron chi connectivity index (χ0n) is 16.2. The van der Waals surface area contributed by atoms with Gasteiger partial charge in [0.2, 0.25) is 0 Å². The number of nitrogens with zero attached hydrogens (tertiary/aromatic N) is 3. The highest BCUT2D eigenvalue weighted by atomic mass is 127. The van der Waals surface area contributed by atoms with Crippen LogP contribution in [0.15, 0.2) is 59.6 Å². The maximum atomic E-state index is 13.0. The van der Waals surface area contributed by atoms with Gasteiger partial charge in [0.15, 0.2) is 5.96 Å². The van der Waals surface area contributed by atoms with Crippen LogP contribution in [0.25, 0.3) is 5.69 Å². The summed E-state index contributed by atoms with van der Waals surface area (Å²) in [7, 11) is 1.73. The second-order valence-electron chi connectivity index (χ2n) is 6.37. The summed E-state index contributed by atoms with van der Waals surface area (Å²) in [6, 6.07) is 16.7. The Labute approximate surface area is 182 Å². The molecule has 0 atom stereocenters. The number of hydrogen-bond donors (Lipinski definition) is 2. The molecule has 0 spiro atoms. The van der Waals surface area contributed by atoms with Crippen molar-refractivity contribution in [3.63, 3.8) is 0 Å². The average Bonchev–Trinajstić information content (AvgIpc) is 3.01. The van der Waals surface area contributed by atoms with Gasteiger partial charge in [-0.2, -0.15) is 5.10 Å². The number of nitrogens with one attached hydrogen (secondary N) is 2. The molecule has 0 fully saturated rings. The van der Waals surface area contributed by atoms with Gasteiger partial charge in [-0.15, -0.1) is 24.0 Å². The van der Waals surface area contributed by atoms with E-state index in [0.29, 0.717) is 19.0 Å². The van der Waals surface area contributed by atoms with E-state index < -0.39 is 0 Å². The van der Waals surface area contributed by atoms with Crippen molar-refractivity contribution in [3.05, 3.63) is 82.9 Å². The van der Waals surface area contributed by atoms with Gasteiger partial charge in [-0.1, -0.05) is 30.3 Å². The lowest BCUT2D eigenvalue weighted by Gasteiger charge is -2.15. The predicted octanol–water partition coefficient (Wildman–Crippen LogP) is 4.11. The van der Waals surface area contributed by atoms with Gasteiger partial charge in [-0.25, -0.2) is 9.07 Å². The molecule has 2 N–H and O–H groups in total. The summed E-state index contributed by atoms with van der Waals surface area (Å²) in [5, 5.41) is 11.2. The Kier molecular flexibility index (Phi) is 7.98. The van der Waals surface area contributed by atoms with Gasteiger partial charge in [0.05, 0.1) is 11.4 Å². The van der Waals surface area contributed by atoms with E-state index in [1.54, 1.807) is 19.2 Å². The molecule has 1 aromatic heterocycles. The topological polar surface area (TPSA) is 54.2 Å². The summed E-state index contributed by atoms with van der Waals surface area (Å²) >= 11 is 0. The van der Waals surface area contributed by atoms with Crippen molar-refractivity contribution in [1.29, 1.82) is 0 Å². The zero-order chi connectivity index (χ0) is 19.2. The second kappa shape index (κ2) is 10.2. The lowest BCUT2D eigenvalue weighted by Crippen LogP contribution is -2.36. The third-order valence-corrected chi connectivity index (χ3v) is 4.27. The third-order valence-electron chi connectivity index (χ3n) is 4.27. The van der Waals surface area contributed by atoms with E-state index in [9.17, 15) is 4.39 Å². The first kappa shape index (κ1) is 21.9. The molecule has 5 nitrogen and oxygen atoms in total. The van der Waals surface area contributed by atoms with Crippen molar-refractivity contribution in [2.75, 3.05) is 7.05 Å². The van der Waals surface area contributed by atoms with Crippen molar-refractivity contribution in [2.45, 2.75) is 26.9 Å². The first-order valence-electron chi connectivity index (χ1n) is 8.87. The zero-order valence-corrected chi connectivity index (χ0v) is 18.6. The molecule has 28 heavy (non-hydrogen) atoms. The fraction of sp³-hybridized carbons (Fsp3) is 0.238. The molecule has 0 aliphatic heterocycles. The monoisotopic (exact) mass is 493 g/mol. The molecule has 2 aromatic carbocycles. The summed E-state index contributed by atoms with van der Waals surface area (Å²) in [5.41, 5.74) is 5.24. The van der Waals surface area contributed by atoms with Crippen LogP contribution in [0.4, 0.5) is 4.39 Å². The molecule has 0 bridgehead atoms. The first-order chi connectivity index (χ1) is 13.1. The van der Waals surface area contributed by atoms with Crippen LogP contribution in [0, 0.1) is 19.7 Å². The van der Waals surface area contributed by atoms with Crippen LogP contribution in [-0.2, 0) is 13.1 Å². The molecule has 0 radical (unpaired) electrons. The Bertz CT molecular complexity index is 934. The van der Waals surface area contributed by atoms with Gasteiger partial charge in [0, 0.05) is 25.8 Å². The number of hydrogen-bond acceptors (Lipinski definition) is 2. The van der Waals surface area contributed by atoms with Crippen molar-refractivity contribution < 1.29 is 4.39 Å². The minimum atomic E-state index is -0.234. The summed E-state index contributed by atoms with van der Waals surface area (Å²) < 4.78 is 15.0. The van der Waals surface area contributed by atoms with E-state index in [-0.39, 0.29) is 29.8 Å². The number of aliphatic imine (C=N–C) groups is 1. The Morgan fingerprint density at radius 2 is 1.71 bits per heavy atom. The van der Waals surface area contributed by atoms with Gasteiger partial charge >= 0.3 is 0 Å². The van der Waals surface area contributed by atoms with Crippen molar-refractivity contribution >= 4 is 29.9 Å². The molecular formula is C21H25FIN5. The van der Waals surface area contributed by atoms with E-state index >= 15 is 0 Å². The van der Waals surface area contributed by atoms with E-state index in [1.807, 2.05) is 30.7 Å². The summed E-state index contributed by atoms with van der Waals surface area (Å²) in [4.78, 5) is 4.26.